The number of carbonyl (C=O) groups excluding carboxylic acids is 1. The number of rotatable bonds is 2. The predicted molar refractivity (Wildman–Crippen MR) is 63.8 cm³/mol. The molecule has 18 heavy (non-hydrogen) atoms. The van der Waals surface area contributed by atoms with Crippen LogP contribution in [0.5, 0.6) is 0 Å². The first-order chi connectivity index (χ1) is 8.74. The number of carbonyl (C=O) groups is 1. The fourth-order valence-electron chi connectivity index (χ4n) is 2.01. The van der Waals surface area contributed by atoms with E-state index in [1.54, 1.807) is 18.2 Å². The maximum Gasteiger partial charge on any atom is 0.323 e. The van der Waals surface area contributed by atoms with Gasteiger partial charge in [0.15, 0.2) is 5.78 Å². The van der Waals surface area contributed by atoms with Gasteiger partial charge < -0.3 is 19.4 Å². The fourth-order valence-corrected chi connectivity index (χ4v) is 2.01. The molecule has 1 unspecified atom stereocenters. The van der Waals surface area contributed by atoms with E-state index >= 15 is 0 Å². The lowest BCUT2D eigenvalue weighted by atomic mass is 10.1. The van der Waals surface area contributed by atoms with Crippen molar-refractivity contribution < 1.29 is 14.3 Å². The second-order valence-corrected chi connectivity index (χ2v) is 4.14. The molecule has 1 aliphatic heterocycles. The van der Waals surface area contributed by atoms with Crippen molar-refractivity contribution in [3.63, 3.8) is 0 Å². The number of hydrogen-bond acceptors (Lipinski definition) is 4. The maximum atomic E-state index is 12.1. The summed E-state index contributed by atoms with van der Waals surface area (Å²) in [4.78, 5) is 28.5. The number of fused-ring (bicyclic) bond motifs is 1. The summed E-state index contributed by atoms with van der Waals surface area (Å²) >= 11 is 0. The Labute approximate surface area is 102 Å². The summed E-state index contributed by atoms with van der Waals surface area (Å²) in [5.41, 5.74) is 1.51. The minimum Gasteiger partial charge on any atom is -0.376 e. The van der Waals surface area contributed by atoms with Crippen LogP contribution < -0.4 is 5.69 Å². The number of benzene rings is 1. The van der Waals surface area contributed by atoms with Crippen molar-refractivity contribution in [3.05, 3.63) is 34.2 Å². The first-order valence-electron chi connectivity index (χ1n) is 5.69. The van der Waals surface area contributed by atoms with Gasteiger partial charge in [0.05, 0.1) is 30.9 Å². The van der Waals surface area contributed by atoms with Gasteiger partial charge in [-0.15, -0.1) is 0 Å². The van der Waals surface area contributed by atoms with Crippen molar-refractivity contribution in [2.24, 2.45) is 0 Å². The lowest BCUT2D eigenvalue weighted by Crippen LogP contribution is -2.35. The Morgan fingerprint density at radius 3 is 2.83 bits per heavy atom. The predicted octanol–water partition coefficient (Wildman–Crippen LogP) is 0.454. The molecule has 6 heteroatoms. The zero-order chi connectivity index (χ0) is 12.5. The largest absolute Gasteiger partial charge is 0.376 e. The second-order valence-electron chi connectivity index (χ2n) is 4.14. The number of nitrogens with one attached hydrogen (secondary N) is 2. The van der Waals surface area contributed by atoms with Gasteiger partial charge in [-0.1, -0.05) is 0 Å². The highest BCUT2D eigenvalue weighted by Gasteiger charge is 2.24. The third-order valence-corrected chi connectivity index (χ3v) is 2.91. The zero-order valence-corrected chi connectivity index (χ0v) is 9.56. The Hall–Kier alpha value is -1.92. The quantitative estimate of drug-likeness (QED) is 0.756. The minimum absolute atomic E-state index is 0.126. The Bertz CT molecular complexity index is 637. The van der Waals surface area contributed by atoms with Crippen LogP contribution in [0, 0.1) is 0 Å². The Morgan fingerprint density at radius 1 is 1.22 bits per heavy atom. The van der Waals surface area contributed by atoms with E-state index in [2.05, 4.69) is 9.97 Å². The smallest absolute Gasteiger partial charge is 0.323 e. The van der Waals surface area contributed by atoms with E-state index in [-0.39, 0.29) is 18.1 Å². The lowest BCUT2D eigenvalue weighted by molar-refractivity contribution is -0.0719. The summed E-state index contributed by atoms with van der Waals surface area (Å²) in [6, 6.07) is 5.02. The summed E-state index contributed by atoms with van der Waals surface area (Å²) in [7, 11) is 0. The van der Waals surface area contributed by atoms with E-state index in [0.717, 1.165) is 0 Å². The van der Waals surface area contributed by atoms with Crippen molar-refractivity contribution in [3.8, 4) is 0 Å². The van der Waals surface area contributed by atoms with Crippen LogP contribution in [0.25, 0.3) is 11.0 Å². The molecule has 94 valence electrons. The first kappa shape index (κ1) is 11.2. The Balaban J connectivity index is 1.92. The third-order valence-electron chi connectivity index (χ3n) is 2.91. The van der Waals surface area contributed by atoms with Crippen molar-refractivity contribution in [1.29, 1.82) is 0 Å². The van der Waals surface area contributed by atoms with Gasteiger partial charge in [-0.3, -0.25) is 4.79 Å². The molecule has 0 bridgehead atoms. The molecule has 0 spiro atoms. The van der Waals surface area contributed by atoms with E-state index in [1.807, 2.05) is 0 Å². The van der Waals surface area contributed by atoms with E-state index in [1.165, 1.54) is 0 Å². The molecule has 0 radical (unpaired) electrons. The van der Waals surface area contributed by atoms with E-state index in [9.17, 15) is 9.59 Å². The van der Waals surface area contributed by atoms with Crippen LogP contribution in [-0.4, -0.2) is 41.7 Å². The maximum absolute atomic E-state index is 12.1. The van der Waals surface area contributed by atoms with Gasteiger partial charge in [0.2, 0.25) is 0 Å². The number of H-pyrrole nitrogens is 2. The second kappa shape index (κ2) is 4.40. The molecule has 0 amide bonds. The lowest BCUT2D eigenvalue weighted by Gasteiger charge is -2.21. The molecule has 0 saturated carbocycles. The Kier molecular flexibility index (Phi) is 2.73. The summed E-state index contributed by atoms with van der Waals surface area (Å²) in [5, 5.41) is 0. The van der Waals surface area contributed by atoms with Gasteiger partial charge in [-0.2, -0.15) is 0 Å². The molecule has 1 fully saturated rings. The van der Waals surface area contributed by atoms with Crippen molar-refractivity contribution in [2.75, 3.05) is 19.8 Å². The van der Waals surface area contributed by atoms with Gasteiger partial charge in [0.25, 0.3) is 0 Å². The van der Waals surface area contributed by atoms with Crippen LogP contribution in [0.15, 0.2) is 23.0 Å². The van der Waals surface area contributed by atoms with Gasteiger partial charge >= 0.3 is 5.69 Å². The molecular formula is C12H12N2O4. The topological polar surface area (TPSA) is 84.2 Å². The molecular weight excluding hydrogens is 236 g/mol. The van der Waals surface area contributed by atoms with Crippen LogP contribution in [0.3, 0.4) is 0 Å². The summed E-state index contributed by atoms with van der Waals surface area (Å²) in [6.45, 7) is 1.23. The molecule has 0 aliphatic carbocycles. The van der Waals surface area contributed by atoms with E-state index in [0.29, 0.717) is 29.8 Å². The van der Waals surface area contributed by atoms with Gasteiger partial charge in [-0.25, -0.2) is 4.79 Å². The number of Topliss-reactive ketones (excluding diaryl/α,β-unsaturated/α-hetero) is 1. The summed E-state index contributed by atoms with van der Waals surface area (Å²) < 4.78 is 10.6. The molecule has 1 saturated heterocycles. The van der Waals surface area contributed by atoms with Gasteiger partial charge in [0.1, 0.15) is 6.10 Å². The zero-order valence-electron chi connectivity index (χ0n) is 9.56. The highest BCUT2D eigenvalue weighted by molar-refractivity contribution is 6.01. The van der Waals surface area contributed by atoms with Gasteiger partial charge in [-0.05, 0) is 18.2 Å². The molecule has 1 aromatic heterocycles. The average Bonchev–Trinajstić information content (AvgIpc) is 2.78. The summed E-state index contributed by atoms with van der Waals surface area (Å²) in [5.74, 6) is -0.126. The molecule has 6 nitrogen and oxygen atoms in total. The van der Waals surface area contributed by atoms with Crippen LogP contribution in [-0.2, 0) is 9.47 Å². The number of ether oxygens (including phenoxy) is 2. The molecule has 2 aromatic rings. The van der Waals surface area contributed by atoms with Crippen molar-refractivity contribution in [2.45, 2.75) is 6.10 Å². The minimum atomic E-state index is -0.554. The number of hydrogen-bond donors (Lipinski definition) is 2. The SMILES string of the molecule is O=C(c1ccc2[nH]c(=O)[nH]c2c1)C1COCCO1. The van der Waals surface area contributed by atoms with Crippen molar-refractivity contribution >= 4 is 16.8 Å². The number of aromatic amines is 2. The normalized spacial score (nSPS) is 20.1. The molecule has 2 N–H and O–H groups in total. The van der Waals surface area contributed by atoms with Crippen LogP contribution in [0.2, 0.25) is 0 Å². The van der Waals surface area contributed by atoms with E-state index in [4.69, 9.17) is 9.47 Å². The first-order valence-corrected chi connectivity index (χ1v) is 5.69. The number of aromatic nitrogens is 2. The van der Waals surface area contributed by atoms with E-state index < -0.39 is 6.10 Å². The van der Waals surface area contributed by atoms with Crippen LogP contribution >= 0.6 is 0 Å². The number of ketones is 1. The Morgan fingerprint density at radius 2 is 2.06 bits per heavy atom. The van der Waals surface area contributed by atoms with Gasteiger partial charge in [0, 0.05) is 5.56 Å². The molecule has 1 atom stereocenters. The van der Waals surface area contributed by atoms with Crippen LogP contribution in [0.4, 0.5) is 0 Å². The highest BCUT2D eigenvalue weighted by atomic mass is 16.6. The number of imidazole rings is 1. The average molecular weight is 248 g/mol. The van der Waals surface area contributed by atoms with Crippen LogP contribution in [0.1, 0.15) is 10.4 Å². The summed E-state index contributed by atoms with van der Waals surface area (Å²) in [6.07, 6.45) is -0.554. The standard InChI is InChI=1S/C12H12N2O4/c15-11(10-6-17-3-4-18-10)7-1-2-8-9(5-7)14-12(16)13-8/h1-2,5,10H,3-4,6H2,(H2,13,14,16). The third kappa shape index (κ3) is 1.96. The highest BCUT2D eigenvalue weighted by Crippen LogP contribution is 2.14. The fraction of sp³-hybridized carbons (Fsp3) is 0.333. The monoisotopic (exact) mass is 248 g/mol. The molecule has 3 rings (SSSR count). The molecule has 1 aliphatic rings. The van der Waals surface area contributed by atoms with Crippen molar-refractivity contribution in [1.82, 2.24) is 9.97 Å². The molecule has 2 heterocycles. The molecule has 1 aromatic carbocycles.